The van der Waals surface area contributed by atoms with Crippen LogP contribution in [0.25, 0.3) is 0 Å². The molecule has 3 unspecified atom stereocenters. The molecule has 0 aliphatic carbocycles. The molecule has 7 heteroatoms. The summed E-state index contributed by atoms with van der Waals surface area (Å²) < 4.78 is 17.5. The van der Waals surface area contributed by atoms with E-state index in [1.165, 1.54) is 11.0 Å². The third kappa shape index (κ3) is 2.76. The molecular weight excluding hydrogens is 306 g/mol. The Bertz CT molecular complexity index is 657. The van der Waals surface area contributed by atoms with Crippen molar-refractivity contribution in [3.63, 3.8) is 0 Å². The van der Waals surface area contributed by atoms with Crippen LogP contribution in [0.4, 0.5) is 0 Å². The maximum absolute atomic E-state index is 12.1. The van der Waals surface area contributed by atoms with Crippen LogP contribution < -0.4 is 0 Å². The van der Waals surface area contributed by atoms with E-state index in [1.807, 2.05) is 30.3 Å². The van der Waals surface area contributed by atoms with Crippen molar-refractivity contribution >= 4 is 22.7 Å². The maximum atomic E-state index is 12.1. The van der Waals surface area contributed by atoms with Crippen molar-refractivity contribution in [2.75, 3.05) is 5.75 Å². The standard InChI is InChI=1S/C15H15NO5S/c17-12-8-13-16(12)14(15(18)19)11(21-13)6-7-22(20)9-10-4-2-1-3-5-10/h1-6,13-14H,7-9H2,(H,18,19). The Kier molecular flexibility index (Phi) is 3.98. The molecule has 1 N–H and O–H groups in total. The molecule has 2 heterocycles. The first-order valence-electron chi connectivity index (χ1n) is 6.86. The molecule has 22 heavy (non-hydrogen) atoms. The molecule has 1 aromatic carbocycles. The summed E-state index contributed by atoms with van der Waals surface area (Å²) >= 11 is 0. The summed E-state index contributed by atoms with van der Waals surface area (Å²) in [6.07, 6.45) is 1.25. The number of β-lactam (4-membered cyclic amide) rings is 1. The van der Waals surface area contributed by atoms with Crippen molar-refractivity contribution in [2.24, 2.45) is 0 Å². The zero-order valence-electron chi connectivity index (χ0n) is 11.7. The lowest BCUT2D eigenvalue weighted by molar-refractivity contribution is -0.163. The minimum atomic E-state index is -1.16. The highest BCUT2D eigenvalue weighted by Gasteiger charge is 2.53. The van der Waals surface area contributed by atoms with Crippen molar-refractivity contribution in [2.45, 2.75) is 24.4 Å². The van der Waals surface area contributed by atoms with Gasteiger partial charge in [0.05, 0.1) is 6.42 Å². The van der Waals surface area contributed by atoms with Crippen LogP contribution in [0, 0.1) is 0 Å². The van der Waals surface area contributed by atoms with Gasteiger partial charge in [0.1, 0.15) is 5.76 Å². The maximum Gasteiger partial charge on any atom is 0.334 e. The summed E-state index contributed by atoms with van der Waals surface area (Å²) in [5, 5.41) is 9.23. The van der Waals surface area contributed by atoms with Crippen molar-refractivity contribution in [3.05, 3.63) is 47.7 Å². The molecule has 0 saturated carbocycles. The van der Waals surface area contributed by atoms with E-state index in [0.29, 0.717) is 5.75 Å². The van der Waals surface area contributed by atoms with E-state index in [-0.39, 0.29) is 23.8 Å². The molecule has 2 fully saturated rings. The van der Waals surface area contributed by atoms with Crippen molar-refractivity contribution in [1.29, 1.82) is 0 Å². The second-order valence-corrected chi connectivity index (χ2v) is 6.66. The van der Waals surface area contributed by atoms with E-state index in [2.05, 4.69) is 0 Å². The first-order chi connectivity index (χ1) is 10.6. The number of hydrogen-bond donors (Lipinski definition) is 1. The third-order valence-corrected chi connectivity index (χ3v) is 4.84. The molecule has 0 aromatic heterocycles. The summed E-state index contributed by atoms with van der Waals surface area (Å²) in [6, 6.07) is 8.34. The highest BCUT2D eigenvalue weighted by molar-refractivity contribution is 7.84. The Hall–Kier alpha value is -2.15. The average molecular weight is 321 g/mol. The van der Waals surface area contributed by atoms with E-state index < -0.39 is 29.0 Å². The van der Waals surface area contributed by atoms with Gasteiger partial charge in [0.2, 0.25) is 5.91 Å². The largest absolute Gasteiger partial charge is 0.479 e. The number of hydrogen-bond acceptors (Lipinski definition) is 4. The van der Waals surface area contributed by atoms with E-state index in [0.717, 1.165) is 5.56 Å². The van der Waals surface area contributed by atoms with E-state index in [1.54, 1.807) is 0 Å². The van der Waals surface area contributed by atoms with E-state index in [4.69, 9.17) is 4.74 Å². The summed E-state index contributed by atoms with van der Waals surface area (Å²) in [6.45, 7) is 0. The van der Waals surface area contributed by atoms with E-state index >= 15 is 0 Å². The first kappa shape index (κ1) is 14.8. The number of carboxylic acids is 1. The lowest BCUT2D eigenvalue weighted by atomic mass is 10.1. The van der Waals surface area contributed by atoms with Gasteiger partial charge < -0.3 is 9.84 Å². The van der Waals surface area contributed by atoms with Crippen LogP contribution in [-0.4, -0.2) is 44.1 Å². The van der Waals surface area contributed by atoms with Gasteiger partial charge in [0.15, 0.2) is 12.3 Å². The molecule has 1 amide bonds. The van der Waals surface area contributed by atoms with Gasteiger partial charge >= 0.3 is 5.97 Å². The number of amides is 1. The third-order valence-electron chi connectivity index (χ3n) is 3.64. The molecule has 2 saturated heterocycles. The molecule has 2 aliphatic heterocycles. The number of nitrogens with zero attached hydrogens (tertiary/aromatic N) is 1. The molecule has 2 aliphatic rings. The molecule has 0 bridgehead atoms. The van der Waals surface area contributed by atoms with Crippen LogP contribution in [0.5, 0.6) is 0 Å². The Balaban J connectivity index is 1.66. The van der Waals surface area contributed by atoms with Crippen LogP contribution in [0.2, 0.25) is 0 Å². The minimum Gasteiger partial charge on any atom is -0.479 e. The fraction of sp³-hybridized carbons (Fsp3) is 0.333. The molecule has 116 valence electrons. The first-order valence-corrected chi connectivity index (χ1v) is 8.34. The van der Waals surface area contributed by atoms with Gasteiger partial charge in [-0.3, -0.25) is 13.9 Å². The highest BCUT2D eigenvalue weighted by atomic mass is 32.2. The topological polar surface area (TPSA) is 83.9 Å². The molecule has 6 nitrogen and oxygen atoms in total. The number of ether oxygens (including phenoxy) is 1. The monoisotopic (exact) mass is 321 g/mol. The number of fused-ring (bicyclic) bond motifs is 1. The van der Waals surface area contributed by atoms with Gasteiger partial charge in [-0.1, -0.05) is 30.3 Å². The number of carbonyl (C=O) groups excluding carboxylic acids is 1. The normalized spacial score (nSPS) is 26.3. The molecule has 0 radical (unpaired) electrons. The van der Waals surface area contributed by atoms with Crippen LogP contribution in [0.15, 0.2) is 42.2 Å². The van der Waals surface area contributed by atoms with Crippen LogP contribution >= 0.6 is 0 Å². The van der Waals surface area contributed by atoms with Gasteiger partial charge in [0.25, 0.3) is 0 Å². The summed E-state index contributed by atoms with van der Waals surface area (Å²) in [5.41, 5.74) is 0.959. The molecular formula is C15H15NO5S. The van der Waals surface area contributed by atoms with Gasteiger partial charge in [-0.05, 0) is 11.6 Å². The van der Waals surface area contributed by atoms with Gasteiger partial charge in [-0.2, -0.15) is 0 Å². The average Bonchev–Trinajstić information content (AvgIpc) is 2.79. The molecule has 3 rings (SSSR count). The Morgan fingerprint density at radius 3 is 2.77 bits per heavy atom. The van der Waals surface area contributed by atoms with Gasteiger partial charge in [-0.15, -0.1) is 0 Å². The van der Waals surface area contributed by atoms with Crippen LogP contribution in [0.1, 0.15) is 12.0 Å². The summed E-state index contributed by atoms with van der Waals surface area (Å²) in [4.78, 5) is 24.0. The molecule has 1 aromatic rings. The lowest BCUT2D eigenvalue weighted by Crippen LogP contribution is -2.54. The van der Waals surface area contributed by atoms with Crippen molar-refractivity contribution in [3.8, 4) is 0 Å². The number of aliphatic carboxylic acids is 1. The minimum absolute atomic E-state index is 0.197. The van der Waals surface area contributed by atoms with E-state index in [9.17, 15) is 18.9 Å². The zero-order chi connectivity index (χ0) is 15.7. The van der Waals surface area contributed by atoms with Crippen LogP contribution in [-0.2, 0) is 30.9 Å². The number of benzene rings is 1. The zero-order valence-corrected chi connectivity index (χ0v) is 12.5. The predicted octanol–water partition coefficient (Wildman–Crippen LogP) is 0.861. The van der Waals surface area contributed by atoms with Crippen molar-refractivity contribution < 1.29 is 23.6 Å². The Morgan fingerprint density at radius 1 is 1.41 bits per heavy atom. The van der Waals surface area contributed by atoms with Crippen molar-refractivity contribution in [1.82, 2.24) is 4.90 Å². The van der Waals surface area contributed by atoms with Gasteiger partial charge in [0, 0.05) is 22.3 Å². The molecule has 3 atom stereocenters. The lowest BCUT2D eigenvalue weighted by Gasteiger charge is -2.33. The summed E-state index contributed by atoms with van der Waals surface area (Å²) in [5.74, 6) is -0.552. The van der Waals surface area contributed by atoms with Gasteiger partial charge in [-0.25, -0.2) is 4.79 Å². The number of carboxylic acid groups (broad SMARTS) is 1. The fourth-order valence-electron chi connectivity index (χ4n) is 2.56. The Labute approximate surface area is 129 Å². The second-order valence-electron chi connectivity index (χ2n) is 5.16. The summed E-state index contributed by atoms with van der Waals surface area (Å²) in [7, 11) is -1.16. The Morgan fingerprint density at radius 2 is 2.14 bits per heavy atom. The highest BCUT2D eigenvalue weighted by Crippen LogP contribution is 2.36. The predicted molar refractivity (Wildman–Crippen MR) is 79.0 cm³/mol. The molecule has 0 spiro atoms. The smallest absolute Gasteiger partial charge is 0.334 e. The SMILES string of the molecule is O=C(O)C1C(=CCS(=O)Cc2ccccc2)OC2CC(=O)N21. The number of carbonyl (C=O) groups is 2. The fourth-order valence-corrected chi connectivity index (χ4v) is 3.60. The number of rotatable bonds is 5. The quantitative estimate of drug-likeness (QED) is 0.813. The van der Waals surface area contributed by atoms with Crippen LogP contribution in [0.3, 0.4) is 0 Å². The second kappa shape index (κ2) is 5.92.